The number of fused-ring (bicyclic) bond motifs is 1. The number of para-hydroxylation sites is 1. The number of benzene rings is 1. The Morgan fingerprint density at radius 1 is 1.08 bits per heavy atom. The Hall–Kier alpha value is -2.94. The van der Waals surface area contributed by atoms with Crippen LogP contribution in [0.1, 0.15) is 54.8 Å². The van der Waals surface area contributed by atoms with Crippen LogP contribution in [0.4, 0.5) is 5.69 Å². The topological polar surface area (TPSA) is 78.8 Å². The molecule has 0 N–H and O–H groups in total. The summed E-state index contributed by atoms with van der Waals surface area (Å²) in [6.45, 7) is 1.75. The molecule has 0 radical (unpaired) electrons. The lowest BCUT2D eigenvalue weighted by molar-refractivity contribution is 0.365. The van der Waals surface area contributed by atoms with Crippen LogP contribution in [-0.4, -0.2) is 28.2 Å². The first-order chi connectivity index (χ1) is 12.8. The molecule has 2 aromatic heterocycles. The van der Waals surface area contributed by atoms with Crippen LogP contribution in [-0.2, 0) is 0 Å². The SMILES string of the molecule is N#Cc1cnc2ccccc2c1N1CCC(c2noc(C3CC3)n2)CC1. The van der Waals surface area contributed by atoms with Crippen LogP contribution in [0.2, 0.25) is 0 Å². The van der Waals surface area contributed by atoms with E-state index in [1.165, 1.54) is 12.8 Å². The smallest absolute Gasteiger partial charge is 0.229 e. The van der Waals surface area contributed by atoms with Gasteiger partial charge in [0, 0.05) is 36.5 Å². The molecule has 2 fully saturated rings. The highest BCUT2D eigenvalue weighted by Crippen LogP contribution is 2.40. The normalized spacial score (nSPS) is 18.2. The first-order valence-electron chi connectivity index (χ1n) is 9.20. The number of rotatable bonds is 3. The van der Waals surface area contributed by atoms with Crippen LogP contribution in [0.3, 0.4) is 0 Å². The average molecular weight is 345 g/mol. The lowest BCUT2D eigenvalue weighted by Gasteiger charge is -2.33. The average Bonchev–Trinajstić information content (AvgIpc) is 3.44. The molecule has 6 heteroatoms. The molecule has 1 saturated carbocycles. The number of piperidine rings is 1. The van der Waals surface area contributed by atoms with Gasteiger partial charge in [0.05, 0.1) is 16.8 Å². The van der Waals surface area contributed by atoms with Crippen molar-refractivity contribution in [2.75, 3.05) is 18.0 Å². The Kier molecular flexibility index (Phi) is 3.59. The number of nitriles is 1. The van der Waals surface area contributed by atoms with Crippen molar-refractivity contribution in [1.29, 1.82) is 5.26 Å². The Bertz CT molecular complexity index is 993. The Labute approximate surface area is 151 Å². The van der Waals surface area contributed by atoms with Gasteiger partial charge in [-0.2, -0.15) is 10.2 Å². The molecular weight excluding hydrogens is 326 g/mol. The van der Waals surface area contributed by atoms with E-state index in [-0.39, 0.29) is 0 Å². The number of pyridine rings is 1. The van der Waals surface area contributed by atoms with Gasteiger partial charge in [-0.1, -0.05) is 23.4 Å². The predicted octanol–water partition coefficient (Wildman–Crippen LogP) is 3.75. The molecule has 0 unspecified atom stereocenters. The third kappa shape index (κ3) is 2.60. The summed E-state index contributed by atoms with van der Waals surface area (Å²) in [5.41, 5.74) is 2.57. The molecule has 3 aromatic rings. The van der Waals surface area contributed by atoms with Crippen LogP contribution in [0.15, 0.2) is 35.0 Å². The zero-order valence-corrected chi connectivity index (χ0v) is 14.4. The lowest BCUT2D eigenvalue weighted by Crippen LogP contribution is -2.34. The van der Waals surface area contributed by atoms with E-state index in [1.54, 1.807) is 6.20 Å². The highest BCUT2D eigenvalue weighted by molar-refractivity contribution is 5.94. The van der Waals surface area contributed by atoms with Crippen LogP contribution < -0.4 is 4.90 Å². The van der Waals surface area contributed by atoms with Crippen molar-refractivity contribution in [3.63, 3.8) is 0 Å². The van der Waals surface area contributed by atoms with Gasteiger partial charge >= 0.3 is 0 Å². The van der Waals surface area contributed by atoms with E-state index >= 15 is 0 Å². The molecule has 130 valence electrons. The zero-order valence-electron chi connectivity index (χ0n) is 14.4. The lowest BCUT2D eigenvalue weighted by atomic mass is 9.95. The Morgan fingerprint density at radius 3 is 2.65 bits per heavy atom. The summed E-state index contributed by atoms with van der Waals surface area (Å²) < 4.78 is 5.42. The van der Waals surface area contributed by atoms with Gasteiger partial charge in [-0.05, 0) is 31.7 Å². The van der Waals surface area contributed by atoms with Gasteiger partial charge in [0.25, 0.3) is 0 Å². The maximum Gasteiger partial charge on any atom is 0.229 e. The van der Waals surface area contributed by atoms with E-state index < -0.39 is 0 Å². The van der Waals surface area contributed by atoms with E-state index in [2.05, 4.69) is 26.1 Å². The summed E-state index contributed by atoms with van der Waals surface area (Å²) in [4.78, 5) is 11.3. The van der Waals surface area contributed by atoms with Gasteiger partial charge in [0.2, 0.25) is 5.89 Å². The third-order valence-corrected chi connectivity index (χ3v) is 5.43. The van der Waals surface area contributed by atoms with Gasteiger partial charge in [0.15, 0.2) is 5.82 Å². The molecule has 5 rings (SSSR count). The molecule has 1 aliphatic heterocycles. The van der Waals surface area contributed by atoms with Crippen molar-refractivity contribution in [3.05, 3.63) is 47.7 Å². The minimum absolute atomic E-state index is 0.334. The quantitative estimate of drug-likeness (QED) is 0.719. The minimum Gasteiger partial charge on any atom is -0.370 e. The molecule has 26 heavy (non-hydrogen) atoms. The molecule has 2 aliphatic rings. The number of nitrogens with zero attached hydrogens (tertiary/aromatic N) is 5. The molecule has 3 heterocycles. The number of anilines is 1. The van der Waals surface area contributed by atoms with E-state index in [0.29, 0.717) is 17.4 Å². The number of hydrogen-bond acceptors (Lipinski definition) is 6. The van der Waals surface area contributed by atoms with Crippen molar-refractivity contribution >= 4 is 16.6 Å². The fourth-order valence-corrected chi connectivity index (χ4v) is 3.82. The summed E-state index contributed by atoms with van der Waals surface area (Å²) in [6, 6.07) is 10.3. The minimum atomic E-state index is 0.334. The first-order valence-corrected chi connectivity index (χ1v) is 9.20. The summed E-state index contributed by atoms with van der Waals surface area (Å²) in [5.74, 6) is 2.50. The second kappa shape index (κ2) is 6.10. The molecule has 1 saturated heterocycles. The van der Waals surface area contributed by atoms with Gasteiger partial charge in [-0.3, -0.25) is 4.98 Å². The Balaban J connectivity index is 1.39. The van der Waals surface area contributed by atoms with Crippen molar-refractivity contribution in [2.45, 2.75) is 37.5 Å². The summed E-state index contributed by atoms with van der Waals surface area (Å²) in [6.07, 6.45) is 5.96. The standard InChI is InChI=1S/C20H19N5O/c21-11-15-12-22-17-4-2-1-3-16(17)18(15)25-9-7-13(8-10-25)19-23-20(26-24-19)14-5-6-14/h1-4,12-14H,5-10H2. The van der Waals surface area contributed by atoms with Gasteiger partial charge in [-0.15, -0.1) is 0 Å². The van der Waals surface area contributed by atoms with Crippen LogP contribution in [0, 0.1) is 11.3 Å². The van der Waals surface area contributed by atoms with E-state index in [4.69, 9.17) is 4.52 Å². The highest BCUT2D eigenvalue weighted by Gasteiger charge is 2.32. The highest BCUT2D eigenvalue weighted by atomic mass is 16.5. The summed E-state index contributed by atoms with van der Waals surface area (Å²) >= 11 is 0. The Morgan fingerprint density at radius 2 is 1.88 bits per heavy atom. The second-order valence-electron chi connectivity index (χ2n) is 7.18. The fraction of sp³-hybridized carbons (Fsp3) is 0.400. The maximum atomic E-state index is 9.55. The molecule has 1 aromatic carbocycles. The maximum absolute atomic E-state index is 9.55. The third-order valence-electron chi connectivity index (χ3n) is 5.43. The van der Waals surface area contributed by atoms with Crippen LogP contribution in [0.5, 0.6) is 0 Å². The molecule has 0 atom stereocenters. The fourth-order valence-electron chi connectivity index (χ4n) is 3.82. The molecule has 0 amide bonds. The molecule has 1 aliphatic carbocycles. The summed E-state index contributed by atoms with van der Waals surface area (Å²) in [5, 5.41) is 14.8. The van der Waals surface area contributed by atoms with Crippen molar-refractivity contribution in [2.24, 2.45) is 0 Å². The van der Waals surface area contributed by atoms with Crippen molar-refractivity contribution in [1.82, 2.24) is 15.1 Å². The number of hydrogen-bond donors (Lipinski definition) is 0. The first kappa shape index (κ1) is 15.3. The van der Waals surface area contributed by atoms with Gasteiger partial charge in [-0.25, -0.2) is 0 Å². The van der Waals surface area contributed by atoms with E-state index in [9.17, 15) is 5.26 Å². The molecule has 6 nitrogen and oxygen atoms in total. The number of aromatic nitrogens is 3. The predicted molar refractivity (Wildman–Crippen MR) is 96.9 cm³/mol. The van der Waals surface area contributed by atoms with Crippen LogP contribution in [0.25, 0.3) is 10.9 Å². The van der Waals surface area contributed by atoms with Gasteiger partial charge in [0.1, 0.15) is 6.07 Å². The van der Waals surface area contributed by atoms with Crippen LogP contribution >= 0.6 is 0 Å². The molecular formula is C20H19N5O. The zero-order chi connectivity index (χ0) is 17.5. The van der Waals surface area contributed by atoms with Gasteiger partial charge < -0.3 is 9.42 Å². The summed E-state index contributed by atoms with van der Waals surface area (Å²) in [7, 11) is 0. The monoisotopic (exact) mass is 345 g/mol. The molecule has 0 bridgehead atoms. The van der Waals surface area contributed by atoms with Crippen molar-refractivity contribution in [3.8, 4) is 6.07 Å². The molecule has 0 spiro atoms. The second-order valence-corrected chi connectivity index (χ2v) is 7.18. The van der Waals surface area contributed by atoms with E-state index in [1.807, 2.05) is 24.3 Å². The largest absolute Gasteiger partial charge is 0.370 e. The van der Waals surface area contributed by atoms with Crippen molar-refractivity contribution < 1.29 is 4.52 Å². The van der Waals surface area contributed by atoms with E-state index in [0.717, 1.165) is 54.2 Å².